The topological polar surface area (TPSA) is 38.5 Å². The molecular formula is C17H26N2O. The molecule has 2 fully saturated rings. The molecule has 3 heteroatoms. The maximum absolute atomic E-state index is 6.78. The number of morpholine rings is 1. The van der Waals surface area contributed by atoms with Gasteiger partial charge in [-0.25, -0.2) is 0 Å². The largest absolute Gasteiger partial charge is 0.378 e. The number of aryl methyl sites for hydroxylation is 1. The standard InChI is InChI=1S/C17H26N2O/c1-14-5-6-15(17(18)7-3-2-4-8-17)16(13-14)19-9-11-20-12-10-19/h5-6,13H,2-4,7-12,18H2,1H3. The van der Waals surface area contributed by atoms with E-state index in [0.29, 0.717) is 0 Å². The van der Waals surface area contributed by atoms with Crippen LogP contribution in [0.2, 0.25) is 0 Å². The first-order valence-electron chi connectivity index (χ1n) is 7.92. The van der Waals surface area contributed by atoms with Crippen molar-refractivity contribution in [3.8, 4) is 0 Å². The Morgan fingerprint density at radius 3 is 2.50 bits per heavy atom. The van der Waals surface area contributed by atoms with E-state index in [-0.39, 0.29) is 5.54 Å². The molecule has 0 radical (unpaired) electrons. The van der Waals surface area contributed by atoms with E-state index in [1.165, 1.54) is 36.1 Å². The average Bonchev–Trinajstić information content (AvgIpc) is 2.48. The molecule has 0 amide bonds. The Hall–Kier alpha value is -1.06. The summed E-state index contributed by atoms with van der Waals surface area (Å²) in [4.78, 5) is 2.45. The number of anilines is 1. The predicted octanol–water partition coefficient (Wildman–Crippen LogP) is 2.95. The fraction of sp³-hybridized carbons (Fsp3) is 0.647. The number of ether oxygens (including phenoxy) is 1. The second-order valence-corrected chi connectivity index (χ2v) is 6.34. The zero-order chi connectivity index (χ0) is 14.0. The molecular weight excluding hydrogens is 248 g/mol. The van der Waals surface area contributed by atoms with Crippen LogP contribution in [-0.2, 0) is 10.3 Å². The number of nitrogens with zero attached hydrogens (tertiary/aromatic N) is 1. The van der Waals surface area contributed by atoms with Gasteiger partial charge in [-0.1, -0.05) is 31.4 Å². The zero-order valence-electron chi connectivity index (χ0n) is 12.5. The normalized spacial score (nSPS) is 22.8. The molecule has 0 bridgehead atoms. The predicted molar refractivity (Wildman–Crippen MR) is 83.2 cm³/mol. The highest BCUT2D eigenvalue weighted by Gasteiger charge is 2.32. The summed E-state index contributed by atoms with van der Waals surface area (Å²) in [6.45, 7) is 5.77. The highest BCUT2D eigenvalue weighted by molar-refractivity contribution is 5.58. The van der Waals surface area contributed by atoms with Crippen molar-refractivity contribution in [2.45, 2.75) is 44.6 Å². The van der Waals surface area contributed by atoms with Gasteiger partial charge in [0, 0.05) is 24.3 Å². The quantitative estimate of drug-likeness (QED) is 0.901. The van der Waals surface area contributed by atoms with Gasteiger partial charge in [0.15, 0.2) is 0 Å². The van der Waals surface area contributed by atoms with E-state index >= 15 is 0 Å². The van der Waals surface area contributed by atoms with E-state index in [4.69, 9.17) is 10.5 Å². The summed E-state index contributed by atoms with van der Waals surface area (Å²) in [6, 6.07) is 6.79. The van der Waals surface area contributed by atoms with Crippen molar-refractivity contribution in [3.05, 3.63) is 29.3 Å². The number of benzene rings is 1. The van der Waals surface area contributed by atoms with E-state index < -0.39 is 0 Å². The van der Waals surface area contributed by atoms with Crippen LogP contribution >= 0.6 is 0 Å². The van der Waals surface area contributed by atoms with Crippen molar-refractivity contribution in [1.82, 2.24) is 0 Å². The Kier molecular flexibility index (Phi) is 3.99. The molecule has 1 aliphatic heterocycles. The van der Waals surface area contributed by atoms with Gasteiger partial charge >= 0.3 is 0 Å². The van der Waals surface area contributed by atoms with E-state index in [0.717, 1.165) is 39.1 Å². The second-order valence-electron chi connectivity index (χ2n) is 6.34. The minimum atomic E-state index is -0.125. The van der Waals surface area contributed by atoms with Crippen LogP contribution in [0.5, 0.6) is 0 Å². The average molecular weight is 274 g/mol. The molecule has 1 heterocycles. The molecule has 1 aromatic rings. The third-order valence-electron chi connectivity index (χ3n) is 4.79. The maximum Gasteiger partial charge on any atom is 0.0642 e. The summed E-state index contributed by atoms with van der Waals surface area (Å²) >= 11 is 0. The molecule has 0 unspecified atom stereocenters. The molecule has 3 nitrogen and oxygen atoms in total. The fourth-order valence-electron chi connectivity index (χ4n) is 3.58. The van der Waals surface area contributed by atoms with E-state index in [1.807, 2.05) is 0 Å². The van der Waals surface area contributed by atoms with Gasteiger partial charge in [0.2, 0.25) is 0 Å². The number of rotatable bonds is 2. The van der Waals surface area contributed by atoms with E-state index in [1.54, 1.807) is 0 Å². The van der Waals surface area contributed by atoms with Crippen molar-refractivity contribution >= 4 is 5.69 Å². The molecule has 0 atom stereocenters. The van der Waals surface area contributed by atoms with Gasteiger partial charge in [0.05, 0.1) is 13.2 Å². The van der Waals surface area contributed by atoms with Crippen LogP contribution in [0.4, 0.5) is 5.69 Å². The smallest absolute Gasteiger partial charge is 0.0642 e. The van der Waals surface area contributed by atoms with Crippen molar-refractivity contribution < 1.29 is 4.74 Å². The molecule has 3 rings (SSSR count). The van der Waals surface area contributed by atoms with Crippen LogP contribution in [0.25, 0.3) is 0 Å². The molecule has 2 aliphatic rings. The van der Waals surface area contributed by atoms with Crippen LogP contribution in [0.15, 0.2) is 18.2 Å². The molecule has 2 N–H and O–H groups in total. The SMILES string of the molecule is Cc1ccc(C2(N)CCCCC2)c(N2CCOCC2)c1. The van der Waals surface area contributed by atoms with Gasteiger partial charge in [-0.3, -0.25) is 0 Å². The minimum Gasteiger partial charge on any atom is -0.378 e. The lowest BCUT2D eigenvalue weighted by molar-refractivity contribution is 0.122. The zero-order valence-corrected chi connectivity index (χ0v) is 12.5. The van der Waals surface area contributed by atoms with Crippen LogP contribution in [-0.4, -0.2) is 26.3 Å². The fourth-order valence-corrected chi connectivity index (χ4v) is 3.58. The first kappa shape index (κ1) is 13.9. The third kappa shape index (κ3) is 2.70. The highest BCUT2D eigenvalue weighted by atomic mass is 16.5. The van der Waals surface area contributed by atoms with Crippen LogP contribution in [0.3, 0.4) is 0 Å². The van der Waals surface area contributed by atoms with Gasteiger partial charge in [-0.05, 0) is 37.0 Å². The Morgan fingerprint density at radius 2 is 1.80 bits per heavy atom. The second kappa shape index (κ2) is 5.74. The van der Waals surface area contributed by atoms with Crippen LogP contribution < -0.4 is 10.6 Å². The maximum atomic E-state index is 6.78. The lowest BCUT2D eigenvalue weighted by Crippen LogP contribution is -2.42. The van der Waals surface area contributed by atoms with Crippen molar-refractivity contribution in [1.29, 1.82) is 0 Å². The Labute approximate surface area is 122 Å². The Morgan fingerprint density at radius 1 is 1.10 bits per heavy atom. The number of hydrogen-bond acceptors (Lipinski definition) is 3. The molecule has 0 spiro atoms. The van der Waals surface area contributed by atoms with Gasteiger partial charge < -0.3 is 15.4 Å². The van der Waals surface area contributed by atoms with Crippen LogP contribution in [0, 0.1) is 6.92 Å². The molecule has 1 saturated heterocycles. The summed E-state index contributed by atoms with van der Waals surface area (Å²) < 4.78 is 5.49. The first-order valence-corrected chi connectivity index (χ1v) is 7.92. The van der Waals surface area contributed by atoms with Gasteiger partial charge in [-0.2, -0.15) is 0 Å². The summed E-state index contributed by atoms with van der Waals surface area (Å²) in [5.74, 6) is 0. The Balaban J connectivity index is 1.96. The number of nitrogens with two attached hydrogens (primary N) is 1. The van der Waals surface area contributed by atoms with E-state index in [2.05, 4.69) is 30.0 Å². The number of hydrogen-bond donors (Lipinski definition) is 1. The minimum absolute atomic E-state index is 0.125. The van der Waals surface area contributed by atoms with Crippen molar-refractivity contribution in [2.24, 2.45) is 5.73 Å². The summed E-state index contributed by atoms with van der Waals surface area (Å²) in [7, 11) is 0. The highest BCUT2D eigenvalue weighted by Crippen LogP contribution is 2.40. The summed E-state index contributed by atoms with van der Waals surface area (Å²) in [5, 5.41) is 0. The molecule has 20 heavy (non-hydrogen) atoms. The van der Waals surface area contributed by atoms with Gasteiger partial charge in [0.1, 0.15) is 0 Å². The molecule has 0 aromatic heterocycles. The third-order valence-corrected chi connectivity index (χ3v) is 4.79. The first-order chi connectivity index (χ1) is 9.69. The van der Waals surface area contributed by atoms with Crippen LogP contribution in [0.1, 0.15) is 43.2 Å². The van der Waals surface area contributed by atoms with Gasteiger partial charge in [0.25, 0.3) is 0 Å². The summed E-state index contributed by atoms with van der Waals surface area (Å²) in [5.41, 5.74) is 10.7. The lowest BCUT2D eigenvalue weighted by atomic mass is 9.76. The molecule has 1 saturated carbocycles. The van der Waals surface area contributed by atoms with Crippen molar-refractivity contribution in [2.75, 3.05) is 31.2 Å². The molecule has 110 valence electrons. The van der Waals surface area contributed by atoms with Gasteiger partial charge in [-0.15, -0.1) is 0 Å². The lowest BCUT2D eigenvalue weighted by Gasteiger charge is -2.39. The monoisotopic (exact) mass is 274 g/mol. The molecule has 1 aliphatic carbocycles. The van der Waals surface area contributed by atoms with Crippen molar-refractivity contribution in [3.63, 3.8) is 0 Å². The molecule has 1 aromatic carbocycles. The summed E-state index contributed by atoms with van der Waals surface area (Å²) in [6.07, 6.45) is 6.08. The Bertz CT molecular complexity index is 460. The van der Waals surface area contributed by atoms with E-state index in [9.17, 15) is 0 Å².